The van der Waals surface area contributed by atoms with Crippen LogP contribution in [-0.2, 0) is 9.59 Å². The van der Waals surface area contributed by atoms with Gasteiger partial charge in [-0.3, -0.25) is 19.7 Å². The van der Waals surface area contributed by atoms with Crippen LogP contribution in [0.3, 0.4) is 0 Å². The van der Waals surface area contributed by atoms with E-state index in [-0.39, 0.29) is 22.9 Å². The molecule has 0 aliphatic carbocycles. The van der Waals surface area contributed by atoms with Crippen LogP contribution in [0.2, 0.25) is 0 Å². The molecule has 1 aromatic heterocycles. The lowest BCUT2D eigenvalue weighted by Crippen LogP contribution is -2.29. The monoisotopic (exact) mass is 330 g/mol. The fraction of sp³-hybridized carbons (Fsp3) is 0.133. The molecule has 0 atom stereocenters. The van der Waals surface area contributed by atoms with Crippen LogP contribution in [0.5, 0.6) is 5.75 Å². The molecule has 24 heavy (non-hydrogen) atoms. The molecule has 0 radical (unpaired) electrons. The molecule has 0 saturated carbocycles. The first kappa shape index (κ1) is 16.9. The average molecular weight is 330 g/mol. The van der Waals surface area contributed by atoms with Crippen LogP contribution >= 0.6 is 0 Å². The molecule has 2 N–H and O–H groups in total. The molecule has 0 spiro atoms. The minimum absolute atomic E-state index is 0.0685. The van der Waals surface area contributed by atoms with Gasteiger partial charge < -0.3 is 15.4 Å². The zero-order valence-corrected chi connectivity index (χ0v) is 12.9. The third-order valence-electron chi connectivity index (χ3n) is 2.98. The SMILES string of the molecule is COc1cc([N+](=O)[O-])ccc1NC(=O)C(=O)Nc1cccc(C)n1. The molecule has 0 aliphatic rings. The van der Waals surface area contributed by atoms with Crippen molar-refractivity contribution in [3.8, 4) is 5.75 Å². The Hall–Kier alpha value is -3.49. The van der Waals surface area contributed by atoms with E-state index in [2.05, 4.69) is 15.6 Å². The lowest BCUT2D eigenvalue weighted by molar-refractivity contribution is -0.384. The van der Waals surface area contributed by atoms with Crippen LogP contribution < -0.4 is 15.4 Å². The first-order valence-corrected chi connectivity index (χ1v) is 6.79. The smallest absolute Gasteiger partial charge is 0.315 e. The summed E-state index contributed by atoms with van der Waals surface area (Å²) in [6, 6.07) is 8.61. The maximum atomic E-state index is 11.9. The van der Waals surface area contributed by atoms with Crippen molar-refractivity contribution in [3.63, 3.8) is 0 Å². The summed E-state index contributed by atoms with van der Waals surface area (Å²) in [7, 11) is 1.30. The topological polar surface area (TPSA) is 123 Å². The molecular formula is C15H14N4O5. The summed E-state index contributed by atoms with van der Waals surface area (Å²) in [4.78, 5) is 38.0. The average Bonchev–Trinajstić information content (AvgIpc) is 2.54. The summed E-state index contributed by atoms with van der Waals surface area (Å²) in [5.41, 5.74) is 0.629. The molecule has 0 aliphatic heterocycles. The third-order valence-corrected chi connectivity index (χ3v) is 2.98. The first-order chi connectivity index (χ1) is 11.4. The second kappa shape index (κ2) is 7.18. The molecule has 2 aromatic rings. The van der Waals surface area contributed by atoms with Crippen LogP contribution in [0.25, 0.3) is 0 Å². The molecule has 0 unspecified atom stereocenters. The number of hydrogen-bond donors (Lipinski definition) is 2. The number of methoxy groups -OCH3 is 1. The third kappa shape index (κ3) is 4.03. The Morgan fingerprint density at radius 2 is 1.88 bits per heavy atom. The van der Waals surface area contributed by atoms with Crippen LogP contribution in [0.15, 0.2) is 36.4 Å². The number of nitro benzene ring substituents is 1. The van der Waals surface area contributed by atoms with Gasteiger partial charge in [0.05, 0.1) is 23.8 Å². The van der Waals surface area contributed by atoms with Gasteiger partial charge >= 0.3 is 11.8 Å². The zero-order chi connectivity index (χ0) is 17.7. The Morgan fingerprint density at radius 3 is 2.50 bits per heavy atom. The van der Waals surface area contributed by atoms with Gasteiger partial charge in [0, 0.05) is 11.8 Å². The van der Waals surface area contributed by atoms with Gasteiger partial charge in [0.1, 0.15) is 11.6 Å². The minimum Gasteiger partial charge on any atom is -0.494 e. The molecule has 1 heterocycles. The number of nitrogens with zero attached hydrogens (tertiary/aromatic N) is 2. The number of anilines is 2. The molecule has 1 aromatic carbocycles. The highest BCUT2D eigenvalue weighted by Crippen LogP contribution is 2.28. The minimum atomic E-state index is -0.953. The number of aryl methyl sites for hydroxylation is 1. The Balaban J connectivity index is 2.11. The van der Waals surface area contributed by atoms with Crippen LogP contribution in [0, 0.1) is 17.0 Å². The van der Waals surface area contributed by atoms with Crippen molar-refractivity contribution in [3.05, 3.63) is 52.2 Å². The number of nitrogens with one attached hydrogen (secondary N) is 2. The first-order valence-electron chi connectivity index (χ1n) is 6.79. The highest BCUT2D eigenvalue weighted by atomic mass is 16.6. The van der Waals surface area contributed by atoms with Gasteiger partial charge in [-0.1, -0.05) is 6.07 Å². The van der Waals surface area contributed by atoms with Crippen molar-refractivity contribution in [2.24, 2.45) is 0 Å². The molecule has 0 fully saturated rings. The summed E-state index contributed by atoms with van der Waals surface area (Å²) in [6.45, 7) is 1.75. The predicted octanol–water partition coefficient (Wildman–Crippen LogP) is 1.88. The number of aromatic nitrogens is 1. The molecule has 9 heteroatoms. The fourth-order valence-electron chi connectivity index (χ4n) is 1.86. The number of rotatable bonds is 4. The maximum absolute atomic E-state index is 11.9. The lowest BCUT2D eigenvalue weighted by atomic mass is 10.2. The van der Waals surface area contributed by atoms with E-state index in [1.54, 1.807) is 25.1 Å². The van der Waals surface area contributed by atoms with Crippen molar-refractivity contribution in [1.29, 1.82) is 0 Å². The van der Waals surface area contributed by atoms with E-state index in [4.69, 9.17) is 4.74 Å². The van der Waals surface area contributed by atoms with Gasteiger partial charge in [0.15, 0.2) is 0 Å². The van der Waals surface area contributed by atoms with Crippen molar-refractivity contribution in [1.82, 2.24) is 4.98 Å². The Bertz CT molecular complexity index is 806. The second-order valence-corrected chi connectivity index (χ2v) is 4.71. The Morgan fingerprint density at radius 1 is 1.17 bits per heavy atom. The summed E-state index contributed by atoms with van der Waals surface area (Å²) in [6.07, 6.45) is 0. The molecule has 124 valence electrons. The van der Waals surface area contributed by atoms with E-state index in [0.717, 1.165) is 6.07 Å². The van der Waals surface area contributed by atoms with E-state index < -0.39 is 16.7 Å². The number of pyridine rings is 1. The van der Waals surface area contributed by atoms with E-state index >= 15 is 0 Å². The number of carbonyl (C=O) groups is 2. The molecule has 0 bridgehead atoms. The molecule has 2 amide bonds. The Labute approximate surface area is 136 Å². The number of amides is 2. The second-order valence-electron chi connectivity index (χ2n) is 4.71. The van der Waals surface area contributed by atoms with E-state index in [9.17, 15) is 19.7 Å². The predicted molar refractivity (Wildman–Crippen MR) is 85.9 cm³/mol. The quantitative estimate of drug-likeness (QED) is 0.501. The van der Waals surface area contributed by atoms with Gasteiger partial charge in [-0.25, -0.2) is 4.98 Å². The number of hydrogen-bond acceptors (Lipinski definition) is 6. The van der Waals surface area contributed by atoms with E-state index in [1.165, 1.54) is 19.2 Å². The van der Waals surface area contributed by atoms with Crippen LogP contribution in [0.1, 0.15) is 5.69 Å². The van der Waals surface area contributed by atoms with E-state index in [1.807, 2.05) is 0 Å². The highest BCUT2D eigenvalue weighted by molar-refractivity contribution is 6.43. The molecular weight excluding hydrogens is 316 g/mol. The van der Waals surface area contributed by atoms with Gasteiger partial charge in [-0.05, 0) is 25.1 Å². The number of nitro groups is 1. The largest absolute Gasteiger partial charge is 0.494 e. The van der Waals surface area contributed by atoms with Crippen molar-refractivity contribution >= 4 is 29.0 Å². The Kier molecular flexibility index (Phi) is 5.05. The van der Waals surface area contributed by atoms with Crippen LogP contribution in [0.4, 0.5) is 17.2 Å². The number of carbonyl (C=O) groups excluding carboxylic acids is 2. The van der Waals surface area contributed by atoms with Crippen LogP contribution in [-0.4, -0.2) is 28.8 Å². The lowest BCUT2D eigenvalue weighted by Gasteiger charge is -2.10. The number of ether oxygens (including phenoxy) is 1. The van der Waals surface area contributed by atoms with Gasteiger partial charge in [0.25, 0.3) is 5.69 Å². The molecule has 0 saturated heterocycles. The standard InChI is InChI=1S/C15H14N4O5/c1-9-4-3-5-13(16-9)18-15(21)14(20)17-11-7-6-10(19(22)23)8-12(11)24-2/h3-8H,1-2H3,(H,17,20)(H,16,18,21). The van der Waals surface area contributed by atoms with Gasteiger partial charge in [0.2, 0.25) is 0 Å². The normalized spacial score (nSPS) is 9.92. The summed E-state index contributed by atoms with van der Waals surface area (Å²) in [5, 5.41) is 15.4. The van der Waals surface area contributed by atoms with Gasteiger partial charge in [-0.2, -0.15) is 0 Å². The van der Waals surface area contributed by atoms with Crippen molar-refractivity contribution < 1.29 is 19.2 Å². The summed E-state index contributed by atoms with van der Waals surface area (Å²) in [5.74, 6) is -1.57. The fourth-order valence-corrected chi connectivity index (χ4v) is 1.86. The van der Waals surface area contributed by atoms with E-state index in [0.29, 0.717) is 5.69 Å². The molecule has 2 rings (SSSR count). The zero-order valence-electron chi connectivity index (χ0n) is 12.9. The van der Waals surface area contributed by atoms with Gasteiger partial charge in [-0.15, -0.1) is 0 Å². The summed E-state index contributed by atoms with van der Waals surface area (Å²) < 4.78 is 4.99. The summed E-state index contributed by atoms with van der Waals surface area (Å²) >= 11 is 0. The molecule has 9 nitrogen and oxygen atoms in total. The van der Waals surface area contributed by atoms with Crippen molar-refractivity contribution in [2.45, 2.75) is 6.92 Å². The number of benzene rings is 1. The number of non-ortho nitro benzene ring substituents is 1. The van der Waals surface area contributed by atoms with Crippen molar-refractivity contribution in [2.75, 3.05) is 17.7 Å². The maximum Gasteiger partial charge on any atom is 0.315 e. The highest BCUT2D eigenvalue weighted by Gasteiger charge is 2.18.